The fourth-order valence-corrected chi connectivity index (χ4v) is 2.48. The van der Waals surface area contributed by atoms with Gasteiger partial charge in [0, 0.05) is 22.7 Å². The van der Waals surface area contributed by atoms with Gasteiger partial charge in [0.25, 0.3) is 0 Å². The zero-order chi connectivity index (χ0) is 11.1. The molecule has 0 aromatic heterocycles. The van der Waals surface area contributed by atoms with Crippen molar-refractivity contribution in [2.75, 3.05) is 6.54 Å². The average molecular weight is 275 g/mol. The second-order valence-electron chi connectivity index (χ2n) is 3.51. The first-order valence-electron chi connectivity index (χ1n) is 5.20. The molecule has 2 N–H and O–H groups in total. The van der Waals surface area contributed by atoms with E-state index in [-0.39, 0.29) is 17.1 Å². The maximum Gasteiger partial charge on any atom is 0.0129 e. The molecular formula is C13H18FeNP. The molecule has 1 saturated heterocycles. The van der Waals surface area contributed by atoms with Gasteiger partial charge in [-0.25, -0.2) is 0 Å². The van der Waals surface area contributed by atoms with E-state index in [1.165, 1.54) is 26.1 Å². The summed E-state index contributed by atoms with van der Waals surface area (Å²) in [7, 11) is 1.36. The molecule has 1 aliphatic carbocycles. The van der Waals surface area contributed by atoms with Gasteiger partial charge in [0.05, 0.1) is 0 Å². The van der Waals surface area contributed by atoms with Crippen LogP contribution in [0.25, 0.3) is 0 Å². The monoisotopic (exact) mass is 275 g/mol. The maximum atomic E-state index is 5.45. The van der Waals surface area contributed by atoms with Crippen molar-refractivity contribution in [3.63, 3.8) is 0 Å². The summed E-state index contributed by atoms with van der Waals surface area (Å²) in [5, 5.41) is 0. The van der Waals surface area contributed by atoms with Crippen LogP contribution >= 0.6 is 8.58 Å². The van der Waals surface area contributed by atoms with Crippen molar-refractivity contribution < 1.29 is 17.1 Å². The smallest absolute Gasteiger partial charge is 0.0129 e. The Kier molecular flexibility index (Phi) is 10.5. The van der Waals surface area contributed by atoms with Crippen molar-refractivity contribution in [2.45, 2.75) is 20.3 Å². The van der Waals surface area contributed by atoms with Gasteiger partial charge in [-0.1, -0.05) is 22.4 Å². The predicted molar refractivity (Wildman–Crippen MR) is 67.5 cm³/mol. The molecule has 10 radical (unpaired) electrons. The van der Waals surface area contributed by atoms with Crippen molar-refractivity contribution in [2.24, 2.45) is 5.73 Å². The first-order valence-corrected chi connectivity index (χ1v) is 6.16. The standard InChI is InChI=1S/C8H13NP.C5H5.Fe/c1-6-5-10-8(3-4-9)7(6)2;1-2-4-5-3-1;/h5H,3-4,9H2,1-2H3;1-5H;. The normalized spacial score (nSPS) is 24.2. The van der Waals surface area contributed by atoms with E-state index < -0.39 is 0 Å². The Hall–Kier alpha value is 0.909. The van der Waals surface area contributed by atoms with Crippen molar-refractivity contribution in [3.05, 3.63) is 55.8 Å². The first kappa shape index (κ1) is 16.9. The number of nitrogens with two attached hydrogens (primary N) is 1. The van der Waals surface area contributed by atoms with Crippen LogP contribution in [0.4, 0.5) is 0 Å². The van der Waals surface area contributed by atoms with Crippen LogP contribution in [0.2, 0.25) is 0 Å². The van der Waals surface area contributed by atoms with Crippen molar-refractivity contribution in [1.29, 1.82) is 0 Å². The molecule has 2 rings (SSSR count). The third-order valence-electron chi connectivity index (χ3n) is 2.38. The van der Waals surface area contributed by atoms with E-state index in [0.717, 1.165) is 13.0 Å². The van der Waals surface area contributed by atoms with Crippen LogP contribution in [0.1, 0.15) is 20.3 Å². The third-order valence-corrected chi connectivity index (χ3v) is 3.76. The van der Waals surface area contributed by atoms with Crippen LogP contribution in [-0.2, 0) is 17.1 Å². The van der Waals surface area contributed by atoms with E-state index in [1.807, 2.05) is 32.1 Å². The molecule has 0 spiro atoms. The molecule has 1 saturated carbocycles. The Bertz CT molecular complexity index is 152. The summed E-state index contributed by atoms with van der Waals surface area (Å²) >= 11 is 0. The van der Waals surface area contributed by atoms with Crippen molar-refractivity contribution >= 4 is 8.58 Å². The second-order valence-corrected chi connectivity index (χ2v) is 4.57. The topological polar surface area (TPSA) is 26.0 Å². The Morgan fingerprint density at radius 2 is 1.56 bits per heavy atom. The van der Waals surface area contributed by atoms with Gasteiger partial charge in [-0.2, -0.15) is 0 Å². The molecule has 0 unspecified atom stereocenters. The Morgan fingerprint density at radius 1 is 1.06 bits per heavy atom. The molecule has 0 aromatic rings. The minimum Gasteiger partial charge on any atom is -0.330 e. The molecular weight excluding hydrogens is 257 g/mol. The van der Waals surface area contributed by atoms with E-state index in [2.05, 4.69) is 20.0 Å². The number of hydrogen-bond donors (Lipinski definition) is 1. The molecule has 3 heteroatoms. The third kappa shape index (κ3) is 6.01. The summed E-state index contributed by atoms with van der Waals surface area (Å²) in [6, 6.07) is 0. The predicted octanol–water partition coefficient (Wildman–Crippen LogP) is 3.20. The minimum atomic E-state index is 0. The van der Waals surface area contributed by atoms with Gasteiger partial charge in [0.1, 0.15) is 0 Å². The van der Waals surface area contributed by atoms with Gasteiger partial charge in [0.2, 0.25) is 0 Å². The van der Waals surface area contributed by atoms with E-state index in [9.17, 15) is 0 Å². The van der Waals surface area contributed by atoms with Crippen LogP contribution in [0.15, 0.2) is 0 Å². The van der Waals surface area contributed by atoms with Crippen LogP contribution in [0, 0.1) is 55.8 Å². The molecule has 2 aliphatic rings. The molecule has 1 aliphatic heterocycles. The SMILES string of the molecule is C[C]1[CH][P][C](CCN)[C]1C.[CH]1[CH][CH][CH][CH]1.[Fe]. The Labute approximate surface area is 114 Å². The quantitative estimate of drug-likeness (QED) is 0.608. The van der Waals surface area contributed by atoms with E-state index in [4.69, 9.17) is 5.73 Å². The number of rotatable bonds is 2. The Morgan fingerprint density at radius 3 is 1.88 bits per heavy atom. The van der Waals surface area contributed by atoms with Crippen LogP contribution in [0.5, 0.6) is 0 Å². The molecule has 0 aromatic carbocycles. The molecule has 0 bridgehead atoms. The largest absolute Gasteiger partial charge is 0.330 e. The average Bonchev–Trinajstić information content (AvgIpc) is 2.87. The van der Waals surface area contributed by atoms with Gasteiger partial charge in [0.15, 0.2) is 0 Å². The van der Waals surface area contributed by atoms with Gasteiger partial charge in [-0.05, 0) is 63.1 Å². The Balaban J connectivity index is 0.000000318. The summed E-state index contributed by atoms with van der Waals surface area (Å²) in [4.78, 5) is 0. The molecule has 0 atom stereocenters. The van der Waals surface area contributed by atoms with E-state index in [1.54, 1.807) is 0 Å². The fraction of sp³-hybridized carbons (Fsp3) is 0.308. The van der Waals surface area contributed by atoms with E-state index in [0.29, 0.717) is 0 Å². The fourth-order valence-electron chi connectivity index (χ4n) is 1.31. The van der Waals surface area contributed by atoms with Gasteiger partial charge >= 0.3 is 0 Å². The first-order chi connectivity index (χ1) is 7.25. The summed E-state index contributed by atoms with van der Waals surface area (Å²) in [6.45, 7) is 5.11. The molecule has 2 fully saturated rings. The summed E-state index contributed by atoms with van der Waals surface area (Å²) < 4.78 is 0. The van der Waals surface area contributed by atoms with Crippen molar-refractivity contribution in [1.82, 2.24) is 0 Å². The second kappa shape index (κ2) is 9.89. The van der Waals surface area contributed by atoms with Crippen LogP contribution in [0.3, 0.4) is 0 Å². The zero-order valence-electron chi connectivity index (χ0n) is 9.76. The minimum absolute atomic E-state index is 0. The molecule has 88 valence electrons. The summed E-state index contributed by atoms with van der Waals surface area (Å²) in [5.74, 6) is 2.87. The molecule has 1 heterocycles. The number of hydrogen-bond acceptors (Lipinski definition) is 1. The summed E-state index contributed by atoms with van der Waals surface area (Å²) in [6.07, 6.45) is 13.3. The van der Waals surface area contributed by atoms with Crippen LogP contribution < -0.4 is 5.73 Å². The van der Waals surface area contributed by atoms with Gasteiger partial charge in [-0.3, -0.25) is 0 Å². The van der Waals surface area contributed by atoms with Crippen molar-refractivity contribution in [3.8, 4) is 0 Å². The molecule has 16 heavy (non-hydrogen) atoms. The summed E-state index contributed by atoms with van der Waals surface area (Å²) in [5.41, 5.74) is 6.95. The van der Waals surface area contributed by atoms with E-state index >= 15 is 0 Å². The molecule has 0 amide bonds. The maximum absolute atomic E-state index is 5.45. The molecule has 1 nitrogen and oxygen atoms in total. The zero-order valence-corrected chi connectivity index (χ0v) is 11.8. The van der Waals surface area contributed by atoms with Gasteiger partial charge in [-0.15, -0.1) is 0 Å². The van der Waals surface area contributed by atoms with Crippen LogP contribution in [-0.4, -0.2) is 6.54 Å². The van der Waals surface area contributed by atoms with Gasteiger partial charge < -0.3 is 5.73 Å².